The second-order valence-corrected chi connectivity index (χ2v) is 9.45. The minimum atomic E-state index is -3.63. The summed E-state index contributed by atoms with van der Waals surface area (Å²) in [5.74, 6) is -0.336. The van der Waals surface area contributed by atoms with E-state index in [2.05, 4.69) is 26.2 Å². The monoisotopic (exact) mass is 478 g/mol. The summed E-state index contributed by atoms with van der Waals surface area (Å²) in [4.78, 5) is 17.3. The van der Waals surface area contributed by atoms with E-state index in [0.717, 1.165) is 10.1 Å². The first kappa shape index (κ1) is 21.5. The Kier molecular flexibility index (Phi) is 6.40. The van der Waals surface area contributed by atoms with Crippen LogP contribution < -0.4 is 5.32 Å². The molecule has 3 rings (SSSR count). The highest BCUT2D eigenvalue weighted by Gasteiger charge is 2.23. The van der Waals surface area contributed by atoms with Gasteiger partial charge in [-0.2, -0.15) is 4.31 Å². The topological polar surface area (TPSA) is 83.8 Å². The highest BCUT2D eigenvalue weighted by atomic mass is 79.9. The molecule has 0 saturated heterocycles. The molecule has 3 aromatic rings. The summed E-state index contributed by atoms with van der Waals surface area (Å²) in [5, 5.41) is 2.83. The molecular weight excluding hydrogens is 456 g/mol. The van der Waals surface area contributed by atoms with Gasteiger partial charge in [0.1, 0.15) is 5.65 Å². The summed E-state index contributed by atoms with van der Waals surface area (Å²) >= 11 is 3.41. The lowest BCUT2D eigenvalue weighted by molar-refractivity contribution is 0.0949. The Morgan fingerprint density at radius 2 is 1.90 bits per heavy atom. The summed E-state index contributed by atoms with van der Waals surface area (Å²) in [6.07, 6.45) is 3.73. The lowest BCUT2D eigenvalue weighted by Gasteiger charge is -2.19. The third-order valence-electron chi connectivity index (χ3n) is 4.69. The number of hydrogen-bond acceptors (Lipinski definition) is 4. The zero-order chi connectivity index (χ0) is 21.2. The average molecular weight is 479 g/mol. The largest absolute Gasteiger partial charge is 0.346 e. The SMILES string of the molecule is CCN(CC)S(=O)(=O)c1ccc(C)c(C(=O)NCc2cn3cc(Br)ccc3n2)c1. The van der Waals surface area contributed by atoms with Gasteiger partial charge in [-0.3, -0.25) is 4.79 Å². The number of benzene rings is 1. The van der Waals surface area contributed by atoms with Gasteiger partial charge in [-0.05, 0) is 52.7 Å². The van der Waals surface area contributed by atoms with Crippen molar-refractivity contribution in [1.29, 1.82) is 0 Å². The van der Waals surface area contributed by atoms with Crippen molar-refractivity contribution < 1.29 is 13.2 Å². The summed E-state index contributed by atoms with van der Waals surface area (Å²) < 4.78 is 29.7. The molecule has 7 nitrogen and oxygen atoms in total. The van der Waals surface area contributed by atoms with Gasteiger partial charge in [-0.15, -0.1) is 0 Å². The number of rotatable bonds is 7. The Bertz CT molecular complexity index is 1150. The number of imidazole rings is 1. The van der Waals surface area contributed by atoms with E-state index in [0.29, 0.717) is 29.9 Å². The van der Waals surface area contributed by atoms with Gasteiger partial charge in [0, 0.05) is 35.5 Å². The Labute approximate surface area is 178 Å². The van der Waals surface area contributed by atoms with E-state index in [-0.39, 0.29) is 17.3 Å². The van der Waals surface area contributed by atoms with Gasteiger partial charge in [-0.25, -0.2) is 13.4 Å². The number of nitrogens with one attached hydrogen (secondary N) is 1. The number of aromatic nitrogens is 2. The normalized spacial score (nSPS) is 11.9. The van der Waals surface area contributed by atoms with Crippen LogP contribution in [0.4, 0.5) is 0 Å². The number of sulfonamides is 1. The lowest BCUT2D eigenvalue weighted by Crippen LogP contribution is -2.31. The van der Waals surface area contributed by atoms with Crippen LogP contribution in [0.15, 0.2) is 52.1 Å². The molecule has 0 saturated carbocycles. The van der Waals surface area contributed by atoms with Gasteiger partial charge in [0.25, 0.3) is 5.91 Å². The molecule has 0 aliphatic heterocycles. The van der Waals surface area contributed by atoms with Crippen molar-refractivity contribution in [3.05, 3.63) is 64.0 Å². The van der Waals surface area contributed by atoms with Gasteiger partial charge < -0.3 is 9.72 Å². The maximum atomic E-state index is 12.8. The number of amides is 1. The highest BCUT2D eigenvalue weighted by Crippen LogP contribution is 2.20. The van der Waals surface area contributed by atoms with Crippen LogP contribution in [0.5, 0.6) is 0 Å². The predicted octanol–water partition coefficient (Wildman–Crippen LogP) is 3.37. The van der Waals surface area contributed by atoms with Crippen LogP contribution in [0, 0.1) is 6.92 Å². The van der Waals surface area contributed by atoms with E-state index >= 15 is 0 Å². The smallest absolute Gasteiger partial charge is 0.251 e. The molecule has 154 valence electrons. The molecule has 2 aromatic heterocycles. The number of pyridine rings is 1. The Morgan fingerprint density at radius 3 is 2.59 bits per heavy atom. The first-order valence-electron chi connectivity index (χ1n) is 9.28. The van der Waals surface area contributed by atoms with Crippen molar-refractivity contribution in [2.75, 3.05) is 13.1 Å². The van der Waals surface area contributed by atoms with Gasteiger partial charge in [0.2, 0.25) is 10.0 Å². The Morgan fingerprint density at radius 1 is 1.17 bits per heavy atom. The maximum absolute atomic E-state index is 12.8. The van der Waals surface area contributed by atoms with E-state index in [1.165, 1.54) is 10.4 Å². The van der Waals surface area contributed by atoms with Gasteiger partial charge in [0.15, 0.2) is 0 Å². The molecule has 1 amide bonds. The molecule has 1 N–H and O–H groups in total. The highest BCUT2D eigenvalue weighted by molar-refractivity contribution is 9.10. The number of fused-ring (bicyclic) bond motifs is 1. The fraction of sp³-hybridized carbons (Fsp3) is 0.300. The fourth-order valence-corrected chi connectivity index (χ4v) is 4.92. The zero-order valence-corrected chi connectivity index (χ0v) is 18.9. The van der Waals surface area contributed by atoms with E-state index in [9.17, 15) is 13.2 Å². The van der Waals surface area contributed by atoms with Crippen LogP contribution in [-0.2, 0) is 16.6 Å². The zero-order valence-electron chi connectivity index (χ0n) is 16.5. The minimum absolute atomic E-state index is 0.120. The summed E-state index contributed by atoms with van der Waals surface area (Å²) in [6, 6.07) is 8.42. The van der Waals surface area contributed by atoms with Gasteiger partial charge >= 0.3 is 0 Å². The quantitative estimate of drug-likeness (QED) is 0.564. The first-order chi connectivity index (χ1) is 13.8. The standard InChI is InChI=1S/C20H23BrN4O3S/c1-4-25(5-2)29(27,28)17-8-6-14(3)18(10-17)20(26)22-11-16-13-24-12-15(21)7-9-19(24)23-16/h6-10,12-13H,4-5,11H2,1-3H3,(H,22,26). The molecule has 0 aliphatic rings. The molecule has 0 unspecified atom stereocenters. The Balaban J connectivity index is 1.81. The van der Waals surface area contributed by atoms with Crippen molar-refractivity contribution in [3.8, 4) is 0 Å². The second-order valence-electron chi connectivity index (χ2n) is 6.59. The van der Waals surface area contributed by atoms with E-state index < -0.39 is 10.0 Å². The van der Waals surface area contributed by atoms with Crippen molar-refractivity contribution >= 4 is 37.5 Å². The van der Waals surface area contributed by atoms with Crippen molar-refractivity contribution in [3.63, 3.8) is 0 Å². The molecule has 0 atom stereocenters. The number of halogens is 1. The molecule has 2 heterocycles. The van der Waals surface area contributed by atoms with Crippen molar-refractivity contribution in [2.24, 2.45) is 0 Å². The van der Waals surface area contributed by atoms with Gasteiger partial charge in [0.05, 0.1) is 17.1 Å². The maximum Gasteiger partial charge on any atom is 0.251 e. The predicted molar refractivity (Wildman–Crippen MR) is 115 cm³/mol. The number of carbonyl (C=O) groups is 1. The van der Waals surface area contributed by atoms with Crippen LogP contribution in [0.3, 0.4) is 0 Å². The molecule has 0 aliphatic carbocycles. The molecule has 0 radical (unpaired) electrons. The fourth-order valence-electron chi connectivity index (χ4n) is 3.09. The molecule has 1 aromatic carbocycles. The first-order valence-corrected chi connectivity index (χ1v) is 11.5. The molecule has 29 heavy (non-hydrogen) atoms. The van der Waals surface area contributed by atoms with Gasteiger partial charge in [-0.1, -0.05) is 19.9 Å². The summed E-state index contributed by atoms with van der Waals surface area (Å²) in [5.41, 5.74) is 2.53. The van der Waals surface area contributed by atoms with E-state index in [1.54, 1.807) is 32.9 Å². The second kappa shape index (κ2) is 8.64. The van der Waals surface area contributed by atoms with Crippen molar-refractivity contribution in [2.45, 2.75) is 32.2 Å². The van der Waals surface area contributed by atoms with E-state index in [1.807, 2.05) is 28.9 Å². The van der Waals surface area contributed by atoms with Crippen LogP contribution in [-0.4, -0.2) is 41.1 Å². The molecule has 0 spiro atoms. The molecule has 0 bridgehead atoms. The molecule has 0 fully saturated rings. The minimum Gasteiger partial charge on any atom is -0.346 e. The number of carbonyl (C=O) groups excluding carboxylic acids is 1. The van der Waals surface area contributed by atoms with Crippen LogP contribution >= 0.6 is 15.9 Å². The number of nitrogens with zero attached hydrogens (tertiary/aromatic N) is 3. The summed E-state index contributed by atoms with van der Waals surface area (Å²) in [6.45, 7) is 6.35. The van der Waals surface area contributed by atoms with Crippen LogP contribution in [0.25, 0.3) is 5.65 Å². The van der Waals surface area contributed by atoms with Crippen LogP contribution in [0.1, 0.15) is 35.5 Å². The van der Waals surface area contributed by atoms with Crippen LogP contribution in [0.2, 0.25) is 0 Å². The molecule has 9 heteroatoms. The Hall–Kier alpha value is -2.23. The number of aryl methyl sites for hydroxylation is 1. The number of hydrogen-bond donors (Lipinski definition) is 1. The van der Waals surface area contributed by atoms with Crippen molar-refractivity contribution in [1.82, 2.24) is 19.0 Å². The average Bonchev–Trinajstić information content (AvgIpc) is 3.09. The van der Waals surface area contributed by atoms with E-state index in [4.69, 9.17) is 0 Å². The summed E-state index contributed by atoms with van der Waals surface area (Å²) in [7, 11) is -3.63. The lowest BCUT2D eigenvalue weighted by atomic mass is 10.1. The molecular formula is C20H23BrN4O3S. The third kappa shape index (κ3) is 4.52. The third-order valence-corrected chi connectivity index (χ3v) is 7.21.